The number of hydrogen-bond donors (Lipinski definition) is 3. The molecular weight excluding hydrogens is 364 g/mol. The molecular formula is C18H18N6O4. The zero-order valence-corrected chi connectivity index (χ0v) is 15.0. The molecule has 0 radical (unpaired) electrons. The fourth-order valence-corrected chi connectivity index (χ4v) is 2.32. The molecule has 0 aliphatic carbocycles. The number of nitrogens with zero attached hydrogens (tertiary/aromatic N) is 3. The average Bonchev–Trinajstić information content (AvgIpc) is 3.15. The number of nitrogens with one attached hydrogen (secondary N) is 3. The highest BCUT2D eigenvalue weighted by atomic mass is 16.6. The minimum absolute atomic E-state index is 0.0164. The highest BCUT2D eigenvalue weighted by Crippen LogP contribution is 2.25. The largest absolute Gasteiger partial charge is 0.457 e. The molecule has 2 aromatic carbocycles. The van der Waals surface area contributed by atoms with Gasteiger partial charge < -0.3 is 15.4 Å². The number of hydrogen-bond acceptors (Lipinski definition) is 6. The Bertz CT molecular complexity index is 970. The molecule has 10 heteroatoms. The second-order valence-corrected chi connectivity index (χ2v) is 5.74. The maximum absolute atomic E-state index is 12.0. The van der Waals surface area contributed by atoms with Gasteiger partial charge in [0.15, 0.2) is 5.82 Å². The molecule has 0 saturated heterocycles. The first kappa shape index (κ1) is 18.8. The van der Waals surface area contributed by atoms with Crippen LogP contribution in [0.4, 0.5) is 16.2 Å². The van der Waals surface area contributed by atoms with E-state index < -0.39 is 11.0 Å². The van der Waals surface area contributed by atoms with Crippen LogP contribution in [0.3, 0.4) is 0 Å². The normalized spacial score (nSPS) is 10.3. The lowest BCUT2D eigenvalue weighted by atomic mass is 10.3. The van der Waals surface area contributed by atoms with E-state index >= 15 is 0 Å². The third-order valence-electron chi connectivity index (χ3n) is 3.69. The number of aryl methyl sites for hydroxylation is 1. The van der Waals surface area contributed by atoms with Crippen LogP contribution in [0.25, 0.3) is 0 Å². The molecule has 0 aliphatic rings. The maximum Gasteiger partial charge on any atom is 0.319 e. The Morgan fingerprint density at radius 1 is 1.21 bits per heavy atom. The van der Waals surface area contributed by atoms with Crippen LogP contribution in [-0.2, 0) is 13.0 Å². The predicted octanol–water partition coefficient (Wildman–Crippen LogP) is 3.39. The van der Waals surface area contributed by atoms with E-state index in [2.05, 4.69) is 25.8 Å². The molecule has 1 heterocycles. The maximum atomic E-state index is 12.0. The highest BCUT2D eigenvalue weighted by molar-refractivity contribution is 5.89. The van der Waals surface area contributed by atoms with Crippen LogP contribution in [0.1, 0.15) is 18.6 Å². The molecule has 0 unspecified atom stereocenters. The van der Waals surface area contributed by atoms with Crippen molar-refractivity contribution in [1.29, 1.82) is 0 Å². The minimum Gasteiger partial charge on any atom is -0.457 e. The molecule has 1 aromatic heterocycles. The molecule has 10 nitrogen and oxygen atoms in total. The first-order valence-corrected chi connectivity index (χ1v) is 8.51. The van der Waals surface area contributed by atoms with Gasteiger partial charge in [-0.15, -0.1) is 0 Å². The summed E-state index contributed by atoms with van der Waals surface area (Å²) in [6.07, 6.45) is 0.713. The number of non-ortho nitro benzene ring substituents is 1. The molecule has 144 valence electrons. The molecule has 2 amide bonds. The highest BCUT2D eigenvalue weighted by Gasteiger charge is 2.08. The van der Waals surface area contributed by atoms with Crippen molar-refractivity contribution in [2.24, 2.45) is 0 Å². The first-order chi connectivity index (χ1) is 13.5. The van der Waals surface area contributed by atoms with Crippen molar-refractivity contribution in [1.82, 2.24) is 20.5 Å². The van der Waals surface area contributed by atoms with Crippen LogP contribution in [0.5, 0.6) is 11.5 Å². The molecule has 3 rings (SSSR count). The van der Waals surface area contributed by atoms with Crippen molar-refractivity contribution in [2.45, 2.75) is 19.9 Å². The molecule has 0 atom stereocenters. The van der Waals surface area contributed by atoms with Gasteiger partial charge in [0.05, 0.1) is 11.5 Å². The monoisotopic (exact) mass is 382 g/mol. The third-order valence-corrected chi connectivity index (χ3v) is 3.69. The fraction of sp³-hybridized carbons (Fsp3) is 0.167. The Morgan fingerprint density at radius 3 is 2.68 bits per heavy atom. The molecule has 3 aromatic rings. The van der Waals surface area contributed by atoms with Crippen molar-refractivity contribution in [2.75, 3.05) is 5.32 Å². The molecule has 0 bridgehead atoms. The van der Waals surface area contributed by atoms with Gasteiger partial charge in [0, 0.05) is 30.3 Å². The zero-order chi connectivity index (χ0) is 19.9. The van der Waals surface area contributed by atoms with Crippen LogP contribution in [0, 0.1) is 10.1 Å². The van der Waals surface area contributed by atoms with Gasteiger partial charge in [-0.3, -0.25) is 15.2 Å². The van der Waals surface area contributed by atoms with Crippen molar-refractivity contribution >= 4 is 17.4 Å². The van der Waals surface area contributed by atoms with Crippen LogP contribution >= 0.6 is 0 Å². The van der Waals surface area contributed by atoms with Gasteiger partial charge in [-0.2, -0.15) is 5.10 Å². The Hall–Kier alpha value is -3.95. The Kier molecular flexibility index (Phi) is 5.80. The summed E-state index contributed by atoms with van der Waals surface area (Å²) in [6.45, 7) is 2.16. The Labute approximate surface area is 160 Å². The van der Waals surface area contributed by atoms with E-state index in [0.29, 0.717) is 35.3 Å². The molecule has 0 fully saturated rings. The number of aromatic nitrogens is 3. The van der Waals surface area contributed by atoms with Crippen LogP contribution in [-0.4, -0.2) is 26.1 Å². The second kappa shape index (κ2) is 8.62. The number of anilines is 1. The number of urea groups is 1. The van der Waals surface area contributed by atoms with E-state index in [0.717, 1.165) is 0 Å². The lowest BCUT2D eigenvalue weighted by Gasteiger charge is -2.09. The van der Waals surface area contributed by atoms with Gasteiger partial charge in [-0.05, 0) is 24.3 Å². The Morgan fingerprint density at radius 2 is 2.00 bits per heavy atom. The summed E-state index contributed by atoms with van der Waals surface area (Å²) in [7, 11) is 0. The molecule has 0 spiro atoms. The summed E-state index contributed by atoms with van der Waals surface area (Å²) < 4.78 is 5.66. The summed E-state index contributed by atoms with van der Waals surface area (Å²) in [5.41, 5.74) is 0.515. The van der Waals surface area contributed by atoms with Crippen molar-refractivity contribution in [3.8, 4) is 11.5 Å². The van der Waals surface area contributed by atoms with Gasteiger partial charge in [-0.1, -0.05) is 13.0 Å². The molecule has 3 N–H and O–H groups in total. The second-order valence-electron chi connectivity index (χ2n) is 5.74. The predicted molar refractivity (Wildman–Crippen MR) is 101 cm³/mol. The molecule has 0 saturated carbocycles. The number of amides is 2. The topological polar surface area (TPSA) is 135 Å². The van der Waals surface area contributed by atoms with Gasteiger partial charge >= 0.3 is 6.03 Å². The first-order valence-electron chi connectivity index (χ1n) is 8.51. The van der Waals surface area contributed by atoms with Gasteiger partial charge in [0.25, 0.3) is 5.69 Å². The average molecular weight is 382 g/mol. The number of ether oxygens (including phenoxy) is 1. The van der Waals surface area contributed by atoms with Crippen LogP contribution in [0.15, 0.2) is 48.5 Å². The number of benzene rings is 2. The SMILES string of the molecule is CCc1n[nH]c(CNC(=O)Nc2cccc(Oc3ccc([N+](=O)[O-])cc3)c2)n1. The van der Waals surface area contributed by atoms with E-state index in [9.17, 15) is 14.9 Å². The fourth-order valence-electron chi connectivity index (χ4n) is 2.32. The van der Waals surface area contributed by atoms with Crippen LogP contribution in [0.2, 0.25) is 0 Å². The number of carbonyl (C=O) groups excluding carboxylic acids is 1. The van der Waals surface area contributed by atoms with Crippen molar-refractivity contribution in [3.63, 3.8) is 0 Å². The third kappa shape index (κ3) is 5.04. The standard InChI is InChI=1S/C18H18N6O4/c1-2-16-21-17(23-22-16)11-19-18(25)20-12-4-3-5-15(10-12)28-14-8-6-13(7-9-14)24(26)27/h3-10H,2,11H2,1H3,(H2,19,20,25)(H,21,22,23). The van der Waals surface area contributed by atoms with Gasteiger partial charge in [0.1, 0.15) is 17.3 Å². The molecule has 28 heavy (non-hydrogen) atoms. The summed E-state index contributed by atoms with van der Waals surface area (Å²) in [5, 5.41) is 22.8. The lowest BCUT2D eigenvalue weighted by molar-refractivity contribution is -0.384. The van der Waals surface area contributed by atoms with Gasteiger partial charge in [-0.25, -0.2) is 9.78 Å². The summed E-state index contributed by atoms with van der Waals surface area (Å²) in [4.78, 5) is 26.5. The van der Waals surface area contributed by atoms with E-state index in [1.807, 2.05) is 6.92 Å². The number of nitro groups is 1. The van der Waals surface area contributed by atoms with Crippen molar-refractivity contribution < 1.29 is 14.5 Å². The number of nitro benzene ring substituents is 1. The number of carbonyl (C=O) groups is 1. The Balaban J connectivity index is 1.56. The van der Waals surface area contributed by atoms with E-state index in [4.69, 9.17) is 4.74 Å². The number of H-pyrrole nitrogens is 1. The van der Waals surface area contributed by atoms with E-state index in [-0.39, 0.29) is 12.2 Å². The van der Waals surface area contributed by atoms with E-state index in [1.54, 1.807) is 24.3 Å². The summed E-state index contributed by atoms with van der Waals surface area (Å²) >= 11 is 0. The zero-order valence-electron chi connectivity index (χ0n) is 15.0. The smallest absolute Gasteiger partial charge is 0.319 e. The number of aromatic amines is 1. The number of rotatable bonds is 7. The molecule has 0 aliphatic heterocycles. The summed E-state index contributed by atoms with van der Waals surface area (Å²) in [5.74, 6) is 2.19. The van der Waals surface area contributed by atoms with Gasteiger partial charge in [0.2, 0.25) is 0 Å². The van der Waals surface area contributed by atoms with E-state index in [1.165, 1.54) is 24.3 Å². The quantitative estimate of drug-likeness (QED) is 0.423. The lowest BCUT2D eigenvalue weighted by Crippen LogP contribution is -2.28. The minimum atomic E-state index is -0.477. The summed E-state index contributed by atoms with van der Waals surface area (Å²) in [6, 6.07) is 12.1. The van der Waals surface area contributed by atoms with Crippen molar-refractivity contribution in [3.05, 3.63) is 70.3 Å². The van der Waals surface area contributed by atoms with Crippen LogP contribution < -0.4 is 15.4 Å².